The predicted molar refractivity (Wildman–Crippen MR) is 159 cm³/mol. The van der Waals surface area contributed by atoms with E-state index in [9.17, 15) is 13.2 Å². The smallest absolute Gasteiger partial charge is 0.261 e. The maximum Gasteiger partial charge on any atom is 0.261 e. The fraction of sp³-hybridized carbons (Fsp3) is 0.310. The molecular weight excluding hydrogens is 532 g/mol. The van der Waals surface area contributed by atoms with Crippen molar-refractivity contribution < 1.29 is 17.9 Å². The number of nitrogens with one attached hydrogen (secondary N) is 1. The van der Waals surface area contributed by atoms with E-state index >= 15 is 0 Å². The van der Waals surface area contributed by atoms with Crippen LogP contribution in [-0.4, -0.2) is 57.5 Å². The maximum atomic E-state index is 13.7. The van der Waals surface area contributed by atoms with Gasteiger partial charge in [0.1, 0.15) is 5.75 Å². The van der Waals surface area contributed by atoms with Crippen molar-refractivity contribution in [1.82, 2.24) is 9.88 Å². The standard InChI is InChI=1S/C29H34N4O4S2/c1-6-32(7-2)16-17-33(29-30-26-18-20(3)21(4)19-27(26)38-29)28(34)22-8-10-23(11-9-22)31-39(35,36)25-14-12-24(37-5)13-15-25/h8-15,18-19,31H,6-7,16-17H2,1-5H3. The topological polar surface area (TPSA) is 91.8 Å². The molecule has 0 atom stereocenters. The maximum absolute atomic E-state index is 13.7. The van der Waals surface area contributed by atoms with Crippen molar-refractivity contribution in [2.45, 2.75) is 32.6 Å². The summed E-state index contributed by atoms with van der Waals surface area (Å²) in [4.78, 5) is 22.7. The van der Waals surface area contributed by atoms with Crippen molar-refractivity contribution in [1.29, 1.82) is 0 Å². The molecule has 1 heterocycles. The number of nitrogens with zero attached hydrogens (tertiary/aromatic N) is 3. The molecule has 3 aromatic carbocycles. The van der Waals surface area contributed by atoms with Crippen LogP contribution in [0.4, 0.5) is 10.8 Å². The van der Waals surface area contributed by atoms with Crippen LogP contribution >= 0.6 is 11.3 Å². The molecule has 8 nitrogen and oxygen atoms in total. The second-order valence-corrected chi connectivity index (χ2v) is 11.9. The predicted octanol–water partition coefficient (Wildman–Crippen LogP) is 5.71. The first-order valence-electron chi connectivity index (χ1n) is 12.8. The van der Waals surface area contributed by atoms with Crippen molar-refractivity contribution in [3.63, 3.8) is 0 Å². The normalized spacial score (nSPS) is 11.6. The van der Waals surface area contributed by atoms with Crippen molar-refractivity contribution in [3.8, 4) is 5.75 Å². The highest BCUT2D eigenvalue weighted by molar-refractivity contribution is 7.92. The zero-order valence-electron chi connectivity index (χ0n) is 22.9. The lowest BCUT2D eigenvalue weighted by atomic mass is 10.1. The highest BCUT2D eigenvalue weighted by atomic mass is 32.2. The summed E-state index contributed by atoms with van der Waals surface area (Å²) in [6.45, 7) is 11.3. The monoisotopic (exact) mass is 566 g/mol. The molecular formula is C29H34N4O4S2. The van der Waals surface area contributed by atoms with Gasteiger partial charge in [0.05, 0.1) is 22.2 Å². The molecule has 0 aliphatic carbocycles. The van der Waals surface area contributed by atoms with E-state index in [4.69, 9.17) is 9.72 Å². The molecule has 0 saturated carbocycles. The van der Waals surface area contributed by atoms with Crippen molar-refractivity contribution >= 4 is 48.3 Å². The molecule has 0 unspecified atom stereocenters. The molecule has 0 fully saturated rings. The quantitative estimate of drug-likeness (QED) is 0.250. The molecule has 1 aromatic heterocycles. The largest absolute Gasteiger partial charge is 0.497 e. The Balaban J connectivity index is 1.58. The summed E-state index contributed by atoms with van der Waals surface area (Å²) in [7, 11) is -2.27. The molecule has 0 bridgehead atoms. The number of amides is 1. The van der Waals surface area contributed by atoms with E-state index < -0.39 is 10.0 Å². The first-order chi connectivity index (χ1) is 18.6. The number of aryl methyl sites for hydroxylation is 2. The Bertz CT molecular complexity index is 1510. The van der Waals surface area contributed by atoms with Gasteiger partial charge in [0, 0.05) is 24.3 Å². The Morgan fingerprint density at radius 3 is 2.21 bits per heavy atom. The Hall–Kier alpha value is -3.47. The van der Waals surface area contributed by atoms with Crippen LogP contribution in [0.5, 0.6) is 5.75 Å². The summed E-state index contributed by atoms with van der Waals surface area (Å²) in [5.74, 6) is 0.389. The van der Waals surface area contributed by atoms with Gasteiger partial charge in [-0.1, -0.05) is 25.2 Å². The molecule has 0 aliphatic heterocycles. The molecule has 0 spiro atoms. The van der Waals surface area contributed by atoms with Gasteiger partial charge in [-0.3, -0.25) is 14.4 Å². The van der Waals surface area contributed by atoms with E-state index in [1.165, 1.54) is 36.1 Å². The Kier molecular flexibility index (Phi) is 8.89. The van der Waals surface area contributed by atoms with Gasteiger partial charge in [-0.15, -0.1) is 0 Å². The first-order valence-corrected chi connectivity index (χ1v) is 15.1. The fourth-order valence-electron chi connectivity index (χ4n) is 4.15. The van der Waals surface area contributed by atoms with E-state index in [2.05, 4.69) is 49.4 Å². The SMILES string of the molecule is CCN(CC)CCN(C(=O)c1ccc(NS(=O)(=O)c2ccc(OC)cc2)cc1)c1nc2cc(C)c(C)cc2s1. The van der Waals surface area contributed by atoms with Crippen LogP contribution in [0, 0.1) is 13.8 Å². The number of ether oxygens (including phenoxy) is 1. The van der Waals surface area contributed by atoms with E-state index in [0.29, 0.717) is 35.2 Å². The van der Waals surface area contributed by atoms with Crippen LogP contribution in [0.3, 0.4) is 0 Å². The number of aromatic nitrogens is 1. The van der Waals surface area contributed by atoms with Crippen molar-refractivity contribution in [2.75, 3.05) is 42.9 Å². The average molecular weight is 567 g/mol. The van der Waals surface area contributed by atoms with Crippen LogP contribution in [0.15, 0.2) is 65.6 Å². The lowest BCUT2D eigenvalue weighted by Crippen LogP contribution is -2.38. The van der Waals surface area contributed by atoms with Gasteiger partial charge >= 0.3 is 0 Å². The highest BCUT2D eigenvalue weighted by Crippen LogP contribution is 2.32. The van der Waals surface area contributed by atoms with Gasteiger partial charge in [0.2, 0.25) is 0 Å². The van der Waals surface area contributed by atoms with Crippen LogP contribution in [0.25, 0.3) is 10.2 Å². The fourth-order valence-corrected chi connectivity index (χ4v) is 6.28. The van der Waals surface area contributed by atoms with Gasteiger partial charge in [-0.05, 0) is 98.7 Å². The van der Waals surface area contributed by atoms with Gasteiger partial charge in [-0.25, -0.2) is 13.4 Å². The lowest BCUT2D eigenvalue weighted by Gasteiger charge is -2.24. The Morgan fingerprint density at radius 1 is 0.949 bits per heavy atom. The minimum atomic E-state index is -3.79. The molecule has 0 radical (unpaired) electrons. The second kappa shape index (κ2) is 12.1. The molecule has 206 valence electrons. The van der Waals surface area contributed by atoms with E-state index in [1.807, 2.05) is 0 Å². The van der Waals surface area contributed by atoms with Crippen molar-refractivity contribution in [3.05, 3.63) is 77.4 Å². The molecule has 1 amide bonds. The summed E-state index contributed by atoms with van der Waals surface area (Å²) in [6, 6.07) is 16.8. The van der Waals surface area contributed by atoms with Crippen molar-refractivity contribution in [2.24, 2.45) is 0 Å². The van der Waals surface area contributed by atoms with Gasteiger partial charge in [0.25, 0.3) is 15.9 Å². The third kappa shape index (κ3) is 6.58. The zero-order chi connectivity index (χ0) is 28.2. The van der Waals surface area contributed by atoms with E-state index in [1.54, 1.807) is 41.3 Å². The number of likely N-dealkylation sites (N-methyl/N-ethyl adjacent to an activating group) is 1. The van der Waals surface area contributed by atoms with Crippen LogP contribution in [-0.2, 0) is 10.0 Å². The number of sulfonamides is 1. The second-order valence-electron chi connectivity index (χ2n) is 9.24. The van der Waals surface area contributed by atoms with Crippen LogP contribution in [0.2, 0.25) is 0 Å². The van der Waals surface area contributed by atoms with Crippen LogP contribution in [0.1, 0.15) is 35.3 Å². The minimum Gasteiger partial charge on any atom is -0.497 e. The summed E-state index contributed by atoms with van der Waals surface area (Å²) in [5.41, 5.74) is 4.04. The van der Waals surface area contributed by atoms with E-state index in [0.717, 1.165) is 28.9 Å². The number of carbonyl (C=O) groups excluding carboxylic acids is 1. The van der Waals surface area contributed by atoms with E-state index in [-0.39, 0.29) is 10.8 Å². The summed E-state index contributed by atoms with van der Waals surface area (Å²) >= 11 is 1.50. The molecule has 0 saturated heterocycles. The van der Waals surface area contributed by atoms with Gasteiger partial charge < -0.3 is 9.64 Å². The first kappa shape index (κ1) is 28.5. The van der Waals surface area contributed by atoms with Gasteiger partial charge in [-0.2, -0.15) is 0 Å². The molecule has 4 aromatic rings. The number of benzene rings is 3. The molecule has 0 aliphatic rings. The molecule has 4 rings (SSSR count). The zero-order valence-corrected chi connectivity index (χ0v) is 24.5. The summed E-state index contributed by atoms with van der Waals surface area (Å²) in [5, 5.41) is 0.649. The average Bonchev–Trinajstić information content (AvgIpc) is 3.33. The number of anilines is 2. The third-order valence-electron chi connectivity index (χ3n) is 6.76. The Morgan fingerprint density at radius 2 is 1.59 bits per heavy atom. The number of rotatable bonds is 11. The molecule has 10 heteroatoms. The Labute approximate surface area is 234 Å². The minimum absolute atomic E-state index is 0.118. The highest BCUT2D eigenvalue weighted by Gasteiger charge is 2.23. The molecule has 1 N–H and O–H groups in total. The summed E-state index contributed by atoms with van der Waals surface area (Å²) in [6.07, 6.45) is 0. The van der Waals surface area contributed by atoms with Crippen LogP contribution < -0.4 is 14.4 Å². The number of carbonyl (C=O) groups is 1. The number of fused-ring (bicyclic) bond motifs is 1. The number of methoxy groups -OCH3 is 1. The number of hydrogen-bond donors (Lipinski definition) is 1. The lowest BCUT2D eigenvalue weighted by molar-refractivity contribution is 0.0984. The number of thiazole rings is 1. The van der Waals surface area contributed by atoms with Gasteiger partial charge in [0.15, 0.2) is 5.13 Å². The third-order valence-corrected chi connectivity index (χ3v) is 9.20. The summed E-state index contributed by atoms with van der Waals surface area (Å²) < 4.78 is 34.3. The molecule has 39 heavy (non-hydrogen) atoms. The number of hydrogen-bond acceptors (Lipinski definition) is 7.